The summed E-state index contributed by atoms with van der Waals surface area (Å²) in [5.41, 5.74) is 0.950. The molecule has 7 heteroatoms. The molecule has 1 N–H and O–H groups in total. The van der Waals surface area contributed by atoms with E-state index in [4.69, 9.17) is 16.3 Å². The van der Waals surface area contributed by atoms with Gasteiger partial charge in [0.05, 0.1) is 11.7 Å². The van der Waals surface area contributed by atoms with E-state index in [1.165, 1.54) is 0 Å². The minimum Gasteiger partial charge on any atom is -0.489 e. The van der Waals surface area contributed by atoms with E-state index in [1.807, 2.05) is 32.2 Å². The van der Waals surface area contributed by atoms with Gasteiger partial charge in [-0.1, -0.05) is 29.8 Å². The quantitative estimate of drug-likeness (QED) is 0.843. The maximum absolute atomic E-state index is 6.01. The highest BCUT2D eigenvalue weighted by atomic mass is 79.9. The number of halogens is 2. The van der Waals surface area contributed by atoms with Gasteiger partial charge in [0.15, 0.2) is 4.60 Å². The van der Waals surface area contributed by atoms with Crippen LogP contribution in [0.4, 0.5) is 0 Å². The van der Waals surface area contributed by atoms with E-state index in [0.717, 1.165) is 22.6 Å². The molecule has 0 spiro atoms. The van der Waals surface area contributed by atoms with Crippen LogP contribution in [0.5, 0.6) is 5.75 Å². The van der Waals surface area contributed by atoms with Gasteiger partial charge in [-0.3, -0.25) is 0 Å². The van der Waals surface area contributed by atoms with Crippen LogP contribution in [0.25, 0.3) is 0 Å². The van der Waals surface area contributed by atoms with Crippen molar-refractivity contribution in [2.45, 2.75) is 26.0 Å². The number of likely N-dealkylation sites (N-methyl/N-ethyl adjacent to an activating group) is 1. The number of nitrogens with zero attached hydrogens (tertiary/aromatic N) is 3. The lowest BCUT2D eigenvalue weighted by molar-refractivity contribution is 0.167. The molecule has 21 heavy (non-hydrogen) atoms. The van der Waals surface area contributed by atoms with Crippen molar-refractivity contribution in [2.75, 3.05) is 6.54 Å². The average molecular weight is 374 g/mol. The van der Waals surface area contributed by atoms with Crippen molar-refractivity contribution in [3.8, 4) is 5.75 Å². The Hall–Kier alpha value is -1.11. The zero-order valence-corrected chi connectivity index (χ0v) is 14.5. The summed E-state index contributed by atoms with van der Waals surface area (Å²) in [5, 5.41) is 12.1. The van der Waals surface area contributed by atoms with E-state index < -0.39 is 0 Å². The predicted molar refractivity (Wildman–Crippen MR) is 86.7 cm³/mol. The van der Waals surface area contributed by atoms with Crippen LogP contribution in [0.3, 0.4) is 0 Å². The Morgan fingerprint density at radius 3 is 2.81 bits per heavy atom. The zero-order valence-electron chi connectivity index (χ0n) is 12.2. The molecular weight excluding hydrogens is 356 g/mol. The van der Waals surface area contributed by atoms with Crippen molar-refractivity contribution < 1.29 is 4.74 Å². The van der Waals surface area contributed by atoms with Gasteiger partial charge < -0.3 is 10.1 Å². The molecule has 0 aliphatic heterocycles. The molecule has 0 aliphatic rings. The first-order valence-corrected chi connectivity index (χ1v) is 7.90. The SMILES string of the molecule is CCNC(c1c(Br)nnn1C)C(C)Oc1cccc(Cl)c1. The van der Waals surface area contributed by atoms with E-state index in [1.54, 1.807) is 10.7 Å². The molecule has 1 aromatic carbocycles. The maximum atomic E-state index is 6.01. The van der Waals surface area contributed by atoms with Crippen LogP contribution in [0.15, 0.2) is 28.9 Å². The number of rotatable bonds is 6. The molecule has 5 nitrogen and oxygen atoms in total. The number of aryl methyl sites for hydroxylation is 1. The topological polar surface area (TPSA) is 52.0 Å². The highest BCUT2D eigenvalue weighted by molar-refractivity contribution is 9.10. The molecule has 114 valence electrons. The summed E-state index contributed by atoms with van der Waals surface area (Å²) in [7, 11) is 1.86. The molecule has 0 fully saturated rings. The fraction of sp³-hybridized carbons (Fsp3) is 0.429. The largest absolute Gasteiger partial charge is 0.489 e. The van der Waals surface area contributed by atoms with Gasteiger partial charge in [0.1, 0.15) is 11.9 Å². The lowest BCUT2D eigenvalue weighted by atomic mass is 10.1. The summed E-state index contributed by atoms with van der Waals surface area (Å²) in [6.45, 7) is 4.87. The molecule has 2 unspecified atom stereocenters. The van der Waals surface area contributed by atoms with E-state index >= 15 is 0 Å². The molecule has 0 amide bonds. The number of ether oxygens (including phenoxy) is 1. The Bertz CT molecular complexity index is 585. The van der Waals surface area contributed by atoms with Gasteiger partial charge in [0.25, 0.3) is 0 Å². The molecule has 2 aromatic rings. The van der Waals surface area contributed by atoms with E-state index in [9.17, 15) is 0 Å². The molecular formula is C14H18BrClN4O. The van der Waals surface area contributed by atoms with E-state index in [2.05, 4.69) is 38.5 Å². The first kappa shape index (κ1) is 16.3. The Morgan fingerprint density at radius 1 is 1.48 bits per heavy atom. The van der Waals surface area contributed by atoms with Crippen molar-refractivity contribution in [3.05, 3.63) is 39.6 Å². The van der Waals surface area contributed by atoms with Gasteiger partial charge in [-0.05, 0) is 47.6 Å². The van der Waals surface area contributed by atoms with Crippen molar-refractivity contribution in [3.63, 3.8) is 0 Å². The highest BCUT2D eigenvalue weighted by Crippen LogP contribution is 2.27. The van der Waals surface area contributed by atoms with Crippen molar-refractivity contribution in [1.29, 1.82) is 0 Å². The first-order valence-electron chi connectivity index (χ1n) is 6.73. The summed E-state index contributed by atoms with van der Waals surface area (Å²) in [4.78, 5) is 0. The number of hydrogen-bond acceptors (Lipinski definition) is 4. The van der Waals surface area contributed by atoms with Gasteiger partial charge in [-0.15, -0.1) is 5.10 Å². The average Bonchev–Trinajstić information content (AvgIpc) is 2.76. The number of nitrogens with one attached hydrogen (secondary N) is 1. The summed E-state index contributed by atoms with van der Waals surface area (Å²) in [5.74, 6) is 0.740. The second-order valence-electron chi connectivity index (χ2n) is 4.70. The summed E-state index contributed by atoms with van der Waals surface area (Å²) >= 11 is 9.43. The third kappa shape index (κ3) is 3.96. The lowest BCUT2D eigenvalue weighted by Crippen LogP contribution is -2.35. The van der Waals surface area contributed by atoms with Gasteiger partial charge in [-0.2, -0.15) is 0 Å². The second kappa shape index (κ2) is 7.24. The fourth-order valence-corrected chi connectivity index (χ4v) is 2.95. The third-order valence-electron chi connectivity index (χ3n) is 3.13. The minimum atomic E-state index is -0.114. The van der Waals surface area contributed by atoms with Gasteiger partial charge in [0, 0.05) is 12.1 Å². The van der Waals surface area contributed by atoms with E-state index in [0.29, 0.717) is 5.02 Å². The normalized spacial score (nSPS) is 14.0. The Labute approximate surface area is 137 Å². The fourth-order valence-electron chi connectivity index (χ4n) is 2.20. The minimum absolute atomic E-state index is 0.0386. The summed E-state index contributed by atoms with van der Waals surface area (Å²) in [6.07, 6.45) is -0.114. The number of benzene rings is 1. The molecule has 1 aromatic heterocycles. The van der Waals surface area contributed by atoms with Crippen LogP contribution in [0, 0.1) is 0 Å². The molecule has 0 aliphatic carbocycles. The van der Waals surface area contributed by atoms with Crippen LogP contribution < -0.4 is 10.1 Å². The van der Waals surface area contributed by atoms with E-state index in [-0.39, 0.29) is 12.1 Å². The van der Waals surface area contributed by atoms with Gasteiger partial charge in [-0.25, -0.2) is 4.68 Å². The molecule has 1 heterocycles. The number of hydrogen-bond donors (Lipinski definition) is 1. The second-order valence-corrected chi connectivity index (χ2v) is 5.89. The Morgan fingerprint density at radius 2 is 2.24 bits per heavy atom. The summed E-state index contributed by atoms with van der Waals surface area (Å²) in [6, 6.07) is 7.35. The zero-order chi connectivity index (χ0) is 15.4. The molecule has 0 bridgehead atoms. The Balaban J connectivity index is 2.22. The lowest BCUT2D eigenvalue weighted by Gasteiger charge is -2.25. The van der Waals surface area contributed by atoms with Gasteiger partial charge in [0.2, 0.25) is 0 Å². The van der Waals surface area contributed by atoms with Crippen LogP contribution in [-0.4, -0.2) is 27.6 Å². The van der Waals surface area contributed by atoms with Crippen LogP contribution in [-0.2, 0) is 7.05 Å². The standard InChI is InChI=1S/C14H18BrClN4O/c1-4-17-12(13-14(15)18-19-20(13)3)9(2)21-11-7-5-6-10(16)8-11/h5-9,12,17H,4H2,1-3H3. The van der Waals surface area contributed by atoms with Crippen LogP contribution >= 0.6 is 27.5 Å². The third-order valence-corrected chi connectivity index (χ3v) is 3.93. The van der Waals surface area contributed by atoms with Crippen LogP contribution in [0.2, 0.25) is 5.02 Å². The molecule has 0 saturated heterocycles. The monoisotopic (exact) mass is 372 g/mol. The van der Waals surface area contributed by atoms with Crippen molar-refractivity contribution in [1.82, 2.24) is 20.3 Å². The van der Waals surface area contributed by atoms with Crippen molar-refractivity contribution in [2.24, 2.45) is 7.05 Å². The predicted octanol–water partition coefficient (Wildman–Crippen LogP) is 3.35. The van der Waals surface area contributed by atoms with Gasteiger partial charge >= 0.3 is 0 Å². The van der Waals surface area contributed by atoms with Crippen molar-refractivity contribution >= 4 is 27.5 Å². The molecule has 0 radical (unpaired) electrons. The van der Waals surface area contributed by atoms with Crippen LogP contribution in [0.1, 0.15) is 25.6 Å². The Kier molecular flexibility index (Phi) is 5.61. The molecule has 0 saturated carbocycles. The molecule has 2 rings (SSSR count). The maximum Gasteiger partial charge on any atom is 0.153 e. The highest BCUT2D eigenvalue weighted by Gasteiger charge is 2.26. The molecule has 2 atom stereocenters. The smallest absolute Gasteiger partial charge is 0.153 e. The first-order chi connectivity index (χ1) is 10.0. The summed E-state index contributed by atoms with van der Waals surface area (Å²) < 4.78 is 8.47. The number of aromatic nitrogens is 3.